The Morgan fingerprint density at radius 1 is 1.18 bits per heavy atom. The van der Waals surface area contributed by atoms with Crippen molar-refractivity contribution in [2.24, 2.45) is 11.1 Å². The Bertz CT molecular complexity index is 338. The molecule has 0 aliphatic carbocycles. The molecule has 0 aliphatic heterocycles. The summed E-state index contributed by atoms with van der Waals surface area (Å²) in [5.74, 6) is 0. The van der Waals surface area contributed by atoms with Gasteiger partial charge in [-0.3, -0.25) is 0 Å². The quantitative estimate of drug-likeness (QED) is 0.849. The molecule has 1 aromatic carbocycles. The van der Waals surface area contributed by atoms with Crippen LogP contribution < -0.4 is 5.73 Å². The normalized spacial score (nSPS) is 14.1. The van der Waals surface area contributed by atoms with Crippen LogP contribution >= 0.6 is 0 Å². The van der Waals surface area contributed by atoms with E-state index in [1.54, 1.807) is 0 Å². The van der Waals surface area contributed by atoms with Gasteiger partial charge in [0, 0.05) is 6.04 Å². The third-order valence-corrected chi connectivity index (χ3v) is 3.49. The highest BCUT2D eigenvalue weighted by Crippen LogP contribution is 2.36. The van der Waals surface area contributed by atoms with Crippen molar-refractivity contribution in [3.63, 3.8) is 0 Å². The van der Waals surface area contributed by atoms with Crippen LogP contribution in [0.5, 0.6) is 0 Å². The van der Waals surface area contributed by atoms with Crippen LogP contribution in [0.3, 0.4) is 0 Å². The van der Waals surface area contributed by atoms with Crippen molar-refractivity contribution in [3.05, 3.63) is 35.4 Å². The maximum Gasteiger partial charge on any atom is 0.0405 e. The Hall–Kier alpha value is -0.860. The third kappa shape index (κ3) is 3.30. The van der Waals surface area contributed by atoms with Crippen LogP contribution in [0.1, 0.15) is 37.9 Å². The number of hydrogen-bond acceptors (Lipinski definition) is 2. The minimum Gasteiger partial charge on any atom is -0.330 e. The number of nitrogens with two attached hydrogens (primary N) is 1. The van der Waals surface area contributed by atoms with E-state index < -0.39 is 0 Å². The number of benzene rings is 1. The smallest absolute Gasteiger partial charge is 0.0405 e. The summed E-state index contributed by atoms with van der Waals surface area (Å²) in [4.78, 5) is 2.26. The van der Waals surface area contributed by atoms with Crippen LogP contribution in [-0.2, 0) is 6.42 Å². The van der Waals surface area contributed by atoms with Crippen molar-refractivity contribution in [2.75, 3.05) is 20.6 Å². The van der Waals surface area contributed by atoms with Gasteiger partial charge in [0.15, 0.2) is 0 Å². The van der Waals surface area contributed by atoms with Gasteiger partial charge in [-0.15, -0.1) is 0 Å². The first-order valence-electron chi connectivity index (χ1n) is 6.37. The fourth-order valence-electron chi connectivity index (χ4n) is 2.50. The van der Waals surface area contributed by atoms with Crippen LogP contribution in [-0.4, -0.2) is 25.5 Å². The molecule has 0 fully saturated rings. The molecule has 2 heteroatoms. The van der Waals surface area contributed by atoms with Gasteiger partial charge in [0.25, 0.3) is 0 Å². The molecule has 0 saturated carbocycles. The second kappa shape index (κ2) is 5.65. The summed E-state index contributed by atoms with van der Waals surface area (Å²) in [7, 11) is 4.24. The monoisotopic (exact) mass is 234 g/mol. The molecule has 1 rings (SSSR count). The topological polar surface area (TPSA) is 29.3 Å². The summed E-state index contributed by atoms with van der Waals surface area (Å²) in [5, 5.41) is 0. The van der Waals surface area contributed by atoms with E-state index in [-0.39, 0.29) is 5.41 Å². The summed E-state index contributed by atoms with van der Waals surface area (Å²) < 4.78 is 0. The summed E-state index contributed by atoms with van der Waals surface area (Å²) >= 11 is 0. The molecule has 1 unspecified atom stereocenters. The minimum atomic E-state index is 0.0806. The molecule has 0 saturated heterocycles. The molecule has 17 heavy (non-hydrogen) atoms. The van der Waals surface area contributed by atoms with Gasteiger partial charge in [0.05, 0.1) is 0 Å². The summed E-state index contributed by atoms with van der Waals surface area (Å²) in [6.45, 7) is 7.32. The zero-order valence-corrected chi connectivity index (χ0v) is 11.8. The highest BCUT2D eigenvalue weighted by Gasteiger charge is 2.31. The number of rotatable bonds is 5. The van der Waals surface area contributed by atoms with E-state index in [0.717, 1.165) is 6.42 Å². The summed E-state index contributed by atoms with van der Waals surface area (Å²) in [6.07, 6.45) is 1.09. The SMILES string of the molecule is CCc1ccc(C(N(C)C)C(C)(C)CN)cc1. The van der Waals surface area contributed by atoms with Gasteiger partial charge in [-0.05, 0) is 43.6 Å². The lowest BCUT2D eigenvalue weighted by molar-refractivity contribution is 0.143. The molecule has 2 N–H and O–H groups in total. The van der Waals surface area contributed by atoms with Crippen molar-refractivity contribution in [3.8, 4) is 0 Å². The van der Waals surface area contributed by atoms with Crippen molar-refractivity contribution in [1.82, 2.24) is 4.90 Å². The predicted molar refractivity (Wildman–Crippen MR) is 75.1 cm³/mol. The molecule has 0 aromatic heterocycles. The van der Waals surface area contributed by atoms with Crippen LogP contribution in [0.2, 0.25) is 0 Å². The molecule has 1 aromatic rings. The summed E-state index contributed by atoms with van der Waals surface area (Å²) in [6, 6.07) is 9.27. The molecule has 0 spiro atoms. The second-order valence-corrected chi connectivity index (χ2v) is 5.65. The Morgan fingerprint density at radius 2 is 1.71 bits per heavy atom. The zero-order chi connectivity index (χ0) is 13.1. The Labute approximate surface area is 106 Å². The third-order valence-electron chi connectivity index (χ3n) is 3.49. The van der Waals surface area contributed by atoms with Crippen LogP contribution in [0, 0.1) is 5.41 Å². The molecule has 0 bridgehead atoms. The average Bonchev–Trinajstić information content (AvgIpc) is 2.29. The van der Waals surface area contributed by atoms with E-state index in [0.29, 0.717) is 12.6 Å². The molecule has 1 atom stereocenters. The molecule has 96 valence electrons. The van der Waals surface area contributed by atoms with Crippen LogP contribution in [0.15, 0.2) is 24.3 Å². The van der Waals surface area contributed by atoms with Crippen molar-refractivity contribution < 1.29 is 0 Å². The molecular weight excluding hydrogens is 208 g/mol. The first-order chi connectivity index (χ1) is 7.92. The van der Waals surface area contributed by atoms with Crippen molar-refractivity contribution >= 4 is 0 Å². The Morgan fingerprint density at radius 3 is 2.06 bits per heavy atom. The fraction of sp³-hybridized carbons (Fsp3) is 0.600. The molecule has 2 nitrogen and oxygen atoms in total. The zero-order valence-electron chi connectivity index (χ0n) is 11.8. The highest BCUT2D eigenvalue weighted by atomic mass is 15.1. The first kappa shape index (κ1) is 14.2. The van der Waals surface area contributed by atoms with Gasteiger partial charge in [0.1, 0.15) is 0 Å². The van der Waals surface area contributed by atoms with Gasteiger partial charge >= 0.3 is 0 Å². The van der Waals surface area contributed by atoms with E-state index in [4.69, 9.17) is 5.73 Å². The Balaban J connectivity index is 3.06. The molecular formula is C15H26N2. The standard InChI is InChI=1S/C15H26N2/c1-6-12-7-9-13(10-8-12)14(17(4)5)15(2,3)11-16/h7-10,14H,6,11,16H2,1-5H3. The second-order valence-electron chi connectivity index (χ2n) is 5.65. The minimum absolute atomic E-state index is 0.0806. The van der Waals surface area contributed by atoms with Crippen molar-refractivity contribution in [1.29, 1.82) is 0 Å². The molecule has 0 radical (unpaired) electrons. The molecule has 0 aliphatic rings. The van der Waals surface area contributed by atoms with E-state index in [1.807, 2.05) is 0 Å². The lowest BCUT2D eigenvalue weighted by Gasteiger charge is -2.38. The van der Waals surface area contributed by atoms with E-state index in [2.05, 4.69) is 64.0 Å². The first-order valence-corrected chi connectivity index (χ1v) is 6.37. The van der Waals surface area contributed by atoms with E-state index in [1.165, 1.54) is 11.1 Å². The van der Waals surface area contributed by atoms with Gasteiger partial charge in [-0.2, -0.15) is 0 Å². The van der Waals surface area contributed by atoms with Crippen molar-refractivity contribution in [2.45, 2.75) is 33.2 Å². The summed E-state index contributed by atoms with van der Waals surface area (Å²) in [5.41, 5.74) is 8.73. The highest BCUT2D eigenvalue weighted by molar-refractivity contribution is 5.26. The maximum atomic E-state index is 5.91. The Kier molecular flexibility index (Phi) is 4.72. The predicted octanol–water partition coefficient (Wildman–Crippen LogP) is 2.84. The number of hydrogen-bond donors (Lipinski definition) is 1. The molecule has 0 heterocycles. The van der Waals surface area contributed by atoms with Crippen LogP contribution in [0.4, 0.5) is 0 Å². The number of aryl methyl sites for hydroxylation is 1. The molecule has 0 amide bonds. The lowest BCUT2D eigenvalue weighted by atomic mass is 9.79. The van der Waals surface area contributed by atoms with Gasteiger partial charge in [-0.1, -0.05) is 45.0 Å². The van der Waals surface area contributed by atoms with Gasteiger partial charge in [0.2, 0.25) is 0 Å². The fourth-order valence-corrected chi connectivity index (χ4v) is 2.50. The largest absolute Gasteiger partial charge is 0.330 e. The average molecular weight is 234 g/mol. The lowest BCUT2D eigenvalue weighted by Crippen LogP contribution is -2.38. The van der Waals surface area contributed by atoms with Crippen LogP contribution in [0.25, 0.3) is 0 Å². The van der Waals surface area contributed by atoms with E-state index >= 15 is 0 Å². The van der Waals surface area contributed by atoms with Gasteiger partial charge < -0.3 is 10.6 Å². The number of nitrogens with zero attached hydrogens (tertiary/aromatic N) is 1. The van der Waals surface area contributed by atoms with E-state index in [9.17, 15) is 0 Å². The van der Waals surface area contributed by atoms with Gasteiger partial charge in [-0.25, -0.2) is 0 Å². The maximum absolute atomic E-state index is 5.91.